The van der Waals surface area contributed by atoms with E-state index >= 15 is 0 Å². The first-order valence-electron chi connectivity index (χ1n) is 15.3. The number of rotatable bonds is 6. The third-order valence-electron chi connectivity index (χ3n) is 8.57. The van der Waals surface area contributed by atoms with Gasteiger partial charge in [0.2, 0.25) is 0 Å². The maximum Gasteiger partial charge on any atom is 0.340 e. The highest BCUT2D eigenvalue weighted by Crippen LogP contribution is 2.35. The van der Waals surface area contributed by atoms with Crippen LogP contribution in [0.1, 0.15) is 98.0 Å². The Hall–Kier alpha value is -3.62. The van der Waals surface area contributed by atoms with E-state index in [1.807, 2.05) is 74.8 Å². The molecule has 0 saturated heterocycles. The fourth-order valence-electron chi connectivity index (χ4n) is 6.53. The van der Waals surface area contributed by atoms with Crippen LogP contribution in [0.3, 0.4) is 0 Å². The normalized spacial score (nSPS) is 22.4. The average Bonchev–Trinajstić information content (AvgIpc) is 3.58. The first-order valence-corrected chi connectivity index (χ1v) is 15.3. The molecule has 0 aliphatic heterocycles. The molecule has 0 amide bonds. The predicted octanol–water partition coefficient (Wildman–Crippen LogP) is 6.59. The quantitative estimate of drug-likeness (QED) is 0.252. The lowest BCUT2D eigenvalue weighted by molar-refractivity contribution is 0.0516. The number of para-hydroxylation sites is 2. The van der Waals surface area contributed by atoms with E-state index in [0.717, 1.165) is 73.2 Å². The molecule has 4 aromatic rings. The molecule has 224 valence electrons. The van der Waals surface area contributed by atoms with Crippen molar-refractivity contribution in [2.24, 2.45) is 0 Å². The van der Waals surface area contributed by atoms with Gasteiger partial charge in [0.05, 0.1) is 48.6 Å². The summed E-state index contributed by atoms with van der Waals surface area (Å²) in [5.74, 6) is -0.588. The largest absolute Gasteiger partial charge is 0.462 e. The fourth-order valence-corrected chi connectivity index (χ4v) is 6.53. The minimum Gasteiger partial charge on any atom is -0.462 e. The SMILES string of the molecule is CCOC(=O)c1cn([C@@H]2CCCC[C@H]2O)c2ccccc12.CCOC(=O)c1cn([C@@H]2CCCC[C@H]2O)c2ccccc12. The minimum absolute atomic E-state index is 0.0480. The van der Waals surface area contributed by atoms with Crippen LogP contribution in [0.15, 0.2) is 60.9 Å². The predicted molar refractivity (Wildman–Crippen MR) is 163 cm³/mol. The van der Waals surface area contributed by atoms with Gasteiger partial charge in [0, 0.05) is 34.2 Å². The lowest BCUT2D eigenvalue weighted by Gasteiger charge is -2.29. The van der Waals surface area contributed by atoms with E-state index in [1.54, 1.807) is 0 Å². The monoisotopic (exact) mass is 574 g/mol. The Morgan fingerprint density at radius 1 is 0.667 bits per heavy atom. The van der Waals surface area contributed by atoms with Crippen molar-refractivity contribution in [3.05, 3.63) is 72.1 Å². The van der Waals surface area contributed by atoms with Crippen molar-refractivity contribution in [1.29, 1.82) is 0 Å². The highest BCUT2D eigenvalue weighted by atomic mass is 16.5. The van der Waals surface area contributed by atoms with Crippen LogP contribution < -0.4 is 0 Å². The van der Waals surface area contributed by atoms with Gasteiger partial charge in [-0.1, -0.05) is 62.1 Å². The molecule has 2 aliphatic carbocycles. The van der Waals surface area contributed by atoms with Gasteiger partial charge in [-0.15, -0.1) is 0 Å². The summed E-state index contributed by atoms with van der Waals surface area (Å²) >= 11 is 0. The number of aliphatic hydroxyl groups excluding tert-OH is 2. The molecular formula is C34H42N2O6. The lowest BCUT2D eigenvalue weighted by atomic mass is 9.92. The number of hydrogen-bond donors (Lipinski definition) is 2. The van der Waals surface area contributed by atoms with Crippen molar-refractivity contribution in [3.8, 4) is 0 Å². The summed E-state index contributed by atoms with van der Waals surface area (Å²) in [6, 6.07) is 15.7. The van der Waals surface area contributed by atoms with Crippen LogP contribution in [0.25, 0.3) is 21.8 Å². The van der Waals surface area contributed by atoms with Crippen LogP contribution >= 0.6 is 0 Å². The van der Waals surface area contributed by atoms with Gasteiger partial charge in [0.15, 0.2) is 0 Å². The molecule has 2 N–H and O–H groups in total. The Labute approximate surface area is 246 Å². The van der Waals surface area contributed by atoms with E-state index in [2.05, 4.69) is 9.13 Å². The Balaban J connectivity index is 0.000000168. The minimum atomic E-state index is -0.343. The number of carbonyl (C=O) groups excluding carboxylic acids is 2. The van der Waals surface area contributed by atoms with Crippen LogP contribution in [-0.4, -0.2) is 56.7 Å². The van der Waals surface area contributed by atoms with E-state index in [1.165, 1.54) is 0 Å². The van der Waals surface area contributed by atoms with E-state index in [0.29, 0.717) is 24.3 Å². The summed E-state index contributed by atoms with van der Waals surface area (Å²) in [5.41, 5.74) is 3.16. The van der Waals surface area contributed by atoms with Crippen LogP contribution in [0.4, 0.5) is 0 Å². The number of aromatic nitrogens is 2. The molecule has 0 unspecified atom stereocenters. The van der Waals surface area contributed by atoms with Crippen molar-refractivity contribution < 1.29 is 29.3 Å². The van der Waals surface area contributed by atoms with Gasteiger partial charge in [-0.2, -0.15) is 0 Å². The van der Waals surface area contributed by atoms with Gasteiger partial charge in [0.1, 0.15) is 0 Å². The average molecular weight is 575 g/mol. The van der Waals surface area contributed by atoms with Crippen molar-refractivity contribution in [3.63, 3.8) is 0 Å². The van der Waals surface area contributed by atoms with Gasteiger partial charge in [-0.3, -0.25) is 0 Å². The second-order valence-corrected chi connectivity index (χ2v) is 11.2. The van der Waals surface area contributed by atoms with Gasteiger partial charge in [0.25, 0.3) is 0 Å². The number of esters is 2. The third kappa shape index (κ3) is 6.10. The molecule has 8 nitrogen and oxygen atoms in total. The molecule has 0 radical (unpaired) electrons. The maximum absolute atomic E-state index is 12.1. The molecule has 8 heteroatoms. The molecule has 2 aromatic heterocycles. The molecule has 2 aromatic carbocycles. The number of carbonyl (C=O) groups is 2. The molecule has 0 bridgehead atoms. The first kappa shape index (κ1) is 29.9. The van der Waals surface area contributed by atoms with Crippen molar-refractivity contribution >= 4 is 33.7 Å². The summed E-state index contributed by atoms with van der Waals surface area (Å²) < 4.78 is 14.4. The summed E-state index contributed by atoms with van der Waals surface area (Å²) in [7, 11) is 0. The zero-order chi connectivity index (χ0) is 29.6. The number of aliphatic hydroxyl groups is 2. The highest BCUT2D eigenvalue weighted by Gasteiger charge is 2.29. The van der Waals surface area contributed by atoms with Crippen LogP contribution in [0, 0.1) is 0 Å². The zero-order valence-corrected chi connectivity index (χ0v) is 24.6. The highest BCUT2D eigenvalue weighted by molar-refractivity contribution is 6.05. The number of benzene rings is 2. The zero-order valence-electron chi connectivity index (χ0n) is 24.6. The molecule has 2 saturated carbocycles. The smallest absolute Gasteiger partial charge is 0.340 e. The van der Waals surface area contributed by atoms with Crippen molar-refractivity contribution in [2.45, 2.75) is 89.5 Å². The molecule has 42 heavy (non-hydrogen) atoms. The van der Waals surface area contributed by atoms with Gasteiger partial charge in [-0.25, -0.2) is 9.59 Å². The Morgan fingerprint density at radius 3 is 1.43 bits per heavy atom. The van der Waals surface area contributed by atoms with E-state index in [-0.39, 0.29) is 36.2 Å². The number of fused-ring (bicyclic) bond motifs is 2. The molecule has 6 rings (SSSR count). The molecule has 2 heterocycles. The van der Waals surface area contributed by atoms with E-state index in [4.69, 9.17) is 9.47 Å². The van der Waals surface area contributed by atoms with Crippen molar-refractivity contribution in [1.82, 2.24) is 9.13 Å². The summed E-state index contributed by atoms with van der Waals surface area (Å²) in [6.07, 6.45) is 10.9. The molecular weight excluding hydrogens is 532 g/mol. The number of nitrogens with zero attached hydrogens (tertiary/aromatic N) is 2. The first-order chi connectivity index (χ1) is 20.4. The summed E-state index contributed by atoms with van der Waals surface area (Å²) in [5, 5.41) is 22.4. The maximum atomic E-state index is 12.1. The van der Waals surface area contributed by atoms with Gasteiger partial charge >= 0.3 is 11.9 Å². The second-order valence-electron chi connectivity index (χ2n) is 11.2. The lowest BCUT2D eigenvalue weighted by Crippen LogP contribution is -2.27. The fraction of sp³-hybridized carbons (Fsp3) is 0.471. The topological polar surface area (TPSA) is 103 Å². The summed E-state index contributed by atoms with van der Waals surface area (Å²) in [6.45, 7) is 4.35. The van der Waals surface area contributed by atoms with Crippen LogP contribution in [0.2, 0.25) is 0 Å². The van der Waals surface area contributed by atoms with E-state index in [9.17, 15) is 19.8 Å². The van der Waals surface area contributed by atoms with Gasteiger partial charge in [-0.05, 0) is 51.7 Å². The standard InChI is InChI=1S/2C17H21NO3/c2*1-2-21-17(20)13-11-18(14-8-4-3-7-12(13)14)15-9-5-6-10-16(15)19/h2*3-4,7-8,11,15-16,19H,2,5-6,9-10H2,1H3/t2*15-,16-/m11/s1. The van der Waals surface area contributed by atoms with Crippen molar-refractivity contribution in [2.75, 3.05) is 13.2 Å². The van der Waals surface area contributed by atoms with E-state index < -0.39 is 0 Å². The Morgan fingerprint density at radius 2 is 1.05 bits per heavy atom. The van der Waals surface area contributed by atoms with Crippen LogP contribution in [0.5, 0.6) is 0 Å². The molecule has 0 spiro atoms. The second kappa shape index (κ2) is 13.6. The molecule has 2 aliphatic rings. The summed E-state index contributed by atoms with van der Waals surface area (Å²) in [4.78, 5) is 24.3. The molecule has 4 atom stereocenters. The Bertz CT molecular complexity index is 1410. The van der Waals surface area contributed by atoms with Crippen LogP contribution in [-0.2, 0) is 9.47 Å². The molecule has 2 fully saturated rings. The number of ether oxygens (including phenoxy) is 2. The number of hydrogen-bond acceptors (Lipinski definition) is 6. The third-order valence-corrected chi connectivity index (χ3v) is 8.57. The Kier molecular flexibility index (Phi) is 9.65. The van der Waals surface area contributed by atoms with Gasteiger partial charge < -0.3 is 28.8 Å².